The lowest BCUT2D eigenvalue weighted by Crippen LogP contribution is -2.03. The van der Waals surface area contributed by atoms with Gasteiger partial charge in [-0.05, 0) is 82.9 Å². The predicted molar refractivity (Wildman–Crippen MR) is 242 cm³/mol. The fourth-order valence-electron chi connectivity index (χ4n) is 9.35. The summed E-state index contributed by atoms with van der Waals surface area (Å²) in [6.07, 6.45) is 0. The molecule has 0 radical (unpaired) electrons. The third kappa shape index (κ3) is 4.37. The average molecular weight is 743 g/mol. The molecular formula is C52H30N4S. The molecule has 0 fully saturated rings. The Morgan fingerprint density at radius 3 is 1.82 bits per heavy atom. The molecule has 0 saturated heterocycles. The van der Waals surface area contributed by atoms with Crippen LogP contribution in [0, 0.1) is 0 Å². The van der Waals surface area contributed by atoms with Crippen LogP contribution < -0.4 is 0 Å². The molecule has 4 aromatic heterocycles. The molecule has 0 bridgehead atoms. The Morgan fingerprint density at radius 1 is 0.368 bits per heavy atom. The third-order valence-corrected chi connectivity index (χ3v) is 13.0. The predicted octanol–water partition coefficient (Wildman–Crippen LogP) is 14.2. The van der Waals surface area contributed by atoms with Gasteiger partial charge in [-0.15, -0.1) is 11.3 Å². The van der Waals surface area contributed by atoms with Crippen molar-refractivity contribution >= 4 is 108 Å². The Morgan fingerprint density at radius 2 is 0.982 bits per heavy atom. The topological polar surface area (TPSA) is 35.6 Å². The van der Waals surface area contributed by atoms with Gasteiger partial charge in [0.05, 0.1) is 33.3 Å². The van der Waals surface area contributed by atoms with Crippen molar-refractivity contribution in [2.75, 3.05) is 0 Å². The maximum atomic E-state index is 5.54. The molecule has 4 heterocycles. The van der Waals surface area contributed by atoms with Gasteiger partial charge in [0.2, 0.25) is 0 Å². The Labute approximate surface area is 330 Å². The van der Waals surface area contributed by atoms with Crippen LogP contribution in [0.5, 0.6) is 0 Å². The molecule has 9 aromatic carbocycles. The lowest BCUT2D eigenvalue weighted by Gasteiger charge is -2.16. The fraction of sp³-hybridized carbons (Fsp3) is 0. The second-order valence-electron chi connectivity index (χ2n) is 15.0. The summed E-state index contributed by atoms with van der Waals surface area (Å²) in [4.78, 5) is 10.8. The van der Waals surface area contributed by atoms with E-state index in [1.165, 1.54) is 80.0 Å². The Kier molecular flexibility index (Phi) is 6.29. The van der Waals surface area contributed by atoms with Crippen molar-refractivity contribution in [2.45, 2.75) is 0 Å². The van der Waals surface area contributed by atoms with E-state index in [-0.39, 0.29) is 0 Å². The van der Waals surface area contributed by atoms with E-state index in [1.54, 1.807) is 0 Å². The van der Waals surface area contributed by atoms with Crippen LogP contribution in [-0.4, -0.2) is 19.1 Å². The molecule has 0 saturated carbocycles. The van der Waals surface area contributed by atoms with Gasteiger partial charge in [-0.1, -0.05) is 115 Å². The van der Waals surface area contributed by atoms with E-state index in [1.807, 2.05) is 11.3 Å². The van der Waals surface area contributed by atoms with Crippen molar-refractivity contribution in [1.29, 1.82) is 0 Å². The van der Waals surface area contributed by atoms with E-state index in [0.29, 0.717) is 5.82 Å². The normalized spacial score (nSPS) is 12.2. The molecule has 0 unspecified atom stereocenters. The summed E-state index contributed by atoms with van der Waals surface area (Å²) in [5.41, 5.74) is 7.67. The van der Waals surface area contributed by atoms with Crippen molar-refractivity contribution in [2.24, 2.45) is 0 Å². The molecule has 57 heavy (non-hydrogen) atoms. The van der Waals surface area contributed by atoms with Crippen molar-refractivity contribution in [1.82, 2.24) is 19.1 Å². The zero-order valence-electron chi connectivity index (χ0n) is 30.5. The molecule has 0 aliphatic heterocycles. The standard InChI is InChI=1S/C52H30N4S/c1-2-14-32-29-45-40(27-31(32)13-1)36-17-6-10-22-43(36)55(45)50-35-16-4-3-15-33(35)30-46-49(50)39-20-7-11-23-44(39)56(46)52-38-19-5-9-21-42(38)53-51(54-52)34-25-26-48-41(28-34)37-18-8-12-24-47(37)57-48/h1-30H. The Bertz CT molecular complexity index is 3830. The number of benzene rings is 9. The minimum absolute atomic E-state index is 0.710. The lowest BCUT2D eigenvalue weighted by molar-refractivity contribution is 1.08. The molecule has 5 heteroatoms. The molecule has 0 aliphatic rings. The molecule has 4 nitrogen and oxygen atoms in total. The van der Waals surface area contributed by atoms with Gasteiger partial charge in [0.1, 0.15) is 5.82 Å². The van der Waals surface area contributed by atoms with E-state index in [2.05, 4.69) is 191 Å². The molecule has 13 rings (SSSR count). The van der Waals surface area contributed by atoms with Gasteiger partial charge >= 0.3 is 0 Å². The zero-order chi connectivity index (χ0) is 37.2. The van der Waals surface area contributed by atoms with Gasteiger partial charge in [0.15, 0.2) is 5.82 Å². The number of hydrogen-bond acceptors (Lipinski definition) is 3. The number of rotatable bonds is 3. The highest BCUT2D eigenvalue weighted by Crippen LogP contribution is 2.45. The summed E-state index contributed by atoms with van der Waals surface area (Å²) in [6.45, 7) is 0. The van der Waals surface area contributed by atoms with Gasteiger partial charge in [-0.3, -0.25) is 4.57 Å². The number of nitrogens with zero attached hydrogens (tertiary/aromatic N) is 4. The highest BCUT2D eigenvalue weighted by Gasteiger charge is 2.24. The van der Waals surface area contributed by atoms with Gasteiger partial charge in [0.25, 0.3) is 0 Å². The van der Waals surface area contributed by atoms with Crippen LogP contribution in [0.4, 0.5) is 0 Å². The first-order chi connectivity index (χ1) is 28.3. The van der Waals surface area contributed by atoms with E-state index in [0.717, 1.165) is 33.3 Å². The third-order valence-electron chi connectivity index (χ3n) is 11.8. The average Bonchev–Trinajstić information content (AvgIpc) is 3.91. The molecule has 0 aliphatic carbocycles. The lowest BCUT2D eigenvalue weighted by atomic mass is 10.0. The molecule has 0 amide bonds. The maximum Gasteiger partial charge on any atom is 0.162 e. The van der Waals surface area contributed by atoms with E-state index < -0.39 is 0 Å². The van der Waals surface area contributed by atoms with Crippen LogP contribution in [0.2, 0.25) is 0 Å². The first-order valence-corrected chi connectivity index (χ1v) is 20.1. The summed E-state index contributed by atoms with van der Waals surface area (Å²) in [5, 5.41) is 13.2. The van der Waals surface area contributed by atoms with Crippen molar-refractivity contribution in [3.8, 4) is 22.9 Å². The summed E-state index contributed by atoms with van der Waals surface area (Å²) < 4.78 is 7.45. The first-order valence-electron chi connectivity index (χ1n) is 19.3. The number of para-hydroxylation sites is 3. The molecule has 264 valence electrons. The zero-order valence-corrected chi connectivity index (χ0v) is 31.3. The van der Waals surface area contributed by atoms with Gasteiger partial charge in [-0.25, -0.2) is 9.97 Å². The van der Waals surface area contributed by atoms with Gasteiger partial charge in [0, 0.05) is 58.1 Å². The van der Waals surface area contributed by atoms with Crippen molar-refractivity contribution in [3.05, 3.63) is 182 Å². The minimum atomic E-state index is 0.710. The Balaban J connectivity index is 1.18. The van der Waals surface area contributed by atoms with E-state index in [9.17, 15) is 0 Å². The van der Waals surface area contributed by atoms with Crippen LogP contribution in [0.25, 0.3) is 119 Å². The van der Waals surface area contributed by atoms with Crippen LogP contribution in [0.15, 0.2) is 182 Å². The van der Waals surface area contributed by atoms with Crippen LogP contribution in [0.1, 0.15) is 0 Å². The van der Waals surface area contributed by atoms with Gasteiger partial charge < -0.3 is 4.57 Å². The first kappa shape index (κ1) is 30.9. The second-order valence-corrected chi connectivity index (χ2v) is 16.0. The maximum absolute atomic E-state index is 5.54. The fourth-order valence-corrected chi connectivity index (χ4v) is 10.4. The SMILES string of the molecule is c1ccc2cc3c(cc2c1)c1ccccc1n3-c1c2ccccc2cc2c1c1ccccc1n2-c1nc(-c2ccc3sc4ccccc4c3c2)nc2ccccc12. The molecule has 13 aromatic rings. The quantitative estimate of drug-likeness (QED) is 0.181. The summed E-state index contributed by atoms with van der Waals surface area (Å²) in [5.74, 6) is 1.58. The largest absolute Gasteiger partial charge is 0.308 e. The van der Waals surface area contributed by atoms with Gasteiger partial charge in [-0.2, -0.15) is 0 Å². The van der Waals surface area contributed by atoms with E-state index >= 15 is 0 Å². The molecule has 0 atom stereocenters. The Hall–Kier alpha value is -7.34. The molecule has 0 N–H and O–H groups in total. The van der Waals surface area contributed by atoms with Crippen LogP contribution >= 0.6 is 11.3 Å². The number of aromatic nitrogens is 4. The summed E-state index contributed by atoms with van der Waals surface area (Å²) in [7, 11) is 0. The summed E-state index contributed by atoms with van der Waals surface area (Å²) in [6, 6.07) is 66.0. The molecular weight excluding hydrogens is 713 g/mol. The highest BCUT2D eigenvalue weighted by atomic mass is 32.1. The number of fused-ring (bicyclic) bond motifs is 12. The number of hydrogen-bond donors (Lipinski definition) is 0. The monoisotopic (exact) mass is 742 g/mol. The highest BCUT2D eigenvalue weighted by molar-refractivity contribution is 7.25. The van der Waals surface area contributed by atoms with Crippen molar-refractivity contribution in [3.63, 3.8) is 0 Å². The second kappa shape index (κ2) is 11.6. The summed E-state index contributed by atoms with van der Waals surface area (Å²) >= 11 is 1.83. The minimum Gasteiger partial charge on any atom is -0.308 e. The van der Waals surface area contributed by atoms with Crippen LogP contribution in [0.3, 0.4) is 0 Å². The molecule has 0 spiro atoms. The van der Waals surface area contributed by atoms with Crippen molar-refractivity contribution < 1.29 is 0 Å². The smallest absolute Gasteiger partial charge is 0.162 e. The number of thiophene rings is 1. The van der Waals surface area contributed by atoms with Crippen LogP contribution in [-0.2, 0) is 0 Å². The van der Waals surface area contributed by atoms with E-state index in [4.69, 9.17) is 9.97 Å².